The van der Waals surface area contributed by atoms with E-state index in [9.17, 15) is 4.79 Å². The van der Waals surface area contributed by atoms with E-state index in [0.29, 0.717) is 12.2 Å². The summed E-state index contributed by atoms with van der Waals surface area (Å²) in [6, 6.07) is 17.3. The van der Waals surface area contributed by atoms with Crippen molar-refractivity contribution in [2.45, 2.75) is 38.8 Å². The summed E-state index contributed by atoms with van der Waals surface area (Å²) in [4.78, 5) is 21.5. The highest BCUT2D eigenvalue weighted by molar-refractivity contribution is 5.94. The number of benzene rings is 2. The molecule has 0 spiro atoms. The second-order valence-electron chi connectivity index (χ2n) is 8.58. The normalized spacial score (nSPS) is 11.7. The number of ether oxygens (including phenoxy) is 2. The van der Waals surface area contributed by atoms with E-state index < -0.39 is 0 Å². The Bertz CT molecular complexity index is 1320. The number of methoxy groups -OCH3 is 1. The van der Waals surface area contributed by atoms with E-state index in [2.05, 4.69) is 27.5 Å². The minimum absolute atomic E-state index is 0.171. The third kappa shape index (κ3) is 5.92. The highest BCUT2D eigenvalue weighted by atomic mass is 16.5. The standard InChI is InChI=1S/C29H32N4O3/c1-4-10-22-14-15-26(27(19-22)35-3)36-18-8-7-17-33-25-13-6-5-12-24(25)32-28(33)21(2)31-29(34)23-11-9-16-30-20-23/h4-6,9,11-16,19-21H,1,7-8,10,17-18H2,2-3H3,(H,31,34). The number of nitrogens with zero attached hydrogens (tertiary/aromatic N) is 3. The molecule has 4 rings (SSSR count). The minimum Gasteiger partial charge on any atom is -0.493 e. The van der Waals surface area contributed by atoms with E-state index in [1.165, 1.54) is 0 Å². The van der Waals surface area contributed by atoms with Gasteiger partial charge >= 0.3 is 0 Å². The van der Waals surface area contributed by atoms with Gasteiger partial charge in [-0.25, -0.2) is 4.98 Å². The number of amides is 1. The Morgan fingerprint density at radius 2 is 2.00 bits per heavy atom. The van der Waals surface area contributed by atoms with Gasteiger partial charge in [0.15, 0.2) is 11.5 Å². The SMILES string of the molecule is C=CCc1ccc(OCCCCn2c(C(C)NC(=O)c3cccnc3)nc3ccccc32)c(OC)c1. The molecule has 0 fully saturated rings. The van der Waals surface area contributed by atoms with Gasteiger partial charge in [-0.2, -0.15) is 0 Å². The summed E-state index contributed by atoms with van der Waals surface area (Å²) in [5, 5.41) is 3.06. The molecular weight excluding hydrogens is 452 g/mol. The Balaban J connectivity index is 1.40. The average Bonchev–Trinajstić information content (AvgIpc) is 3.28. The van der Waals surface area contributed by atoms with Crippen LogP contribution in [0.1, 0.15) is 47.6 Å². The Kier molecular flexibility index (Phi) is 8.34. The van der Waals surface area contributed by atoms with Crippen molar-refractivity contribution < 1.29 is 14.3 Å². The number of hydrogen-bond acceptors (Lipinski definition) is 5. The highest BCUT2D eigenvalue weighted by Gasteiger charge is 2.19. The topological polar surface area (TPSA) is 78.3 Å². The van der Waals surface area contributed by atoms with E-state index in [0.717, 1.165) is 59.7 Å². The molecule has 186 valence electrons. The zero-order valence-electron chi connectivity index (χ0n) is 20.8. The number of aromatic nitrogens is 3. The summed E-state index contributed by atoms with van der Waals surface area (Å²) in [6.45, 7) is 7.08. The molecule has 0 radical (unpaired) electrons. The summed E-state index contributed by atoms with van der Waals surface area (Å²) >= 11 is 0. The number of rotatable bonds is 12. The highest BCUT2D eigenvalue weighted by Crippen LogP contribution is 2.29. The van der Waals surface area contributed by atoms with Gasteiger partial charge in [0.2, 0.25) is 0 Å². The van der Waals surface area contributed by atoms with Crippen molar-refractivity contribution in [2.24, 2.45) is 0 Å². The lowest BCUT2D eigenvalue weighted by Gasteiger charge is -2.17. The molecular formula is C29H32N4O3. The predicted molar refractivity (Wildman–Crippen MR) is 141 cm³/mol. The van der Waals surface area contributed by atoms with Crippen LogP contribution in [-0.2, 0) is 13.0 Å². The molecule has 1 atom stereocenters. The largest absolute Gasteiger partial charge is 0.493 e. The van der Waals surface area contributed by atoms with Crippen molar-refractivity contribution in [3.05, 3.63) is 96.6 Å². The third-order valence-corrected chi connectivity index (χ3v) is 5.98. The second kappa shape index (κ2) is 12.0. The van der Waals surface area contributed by atoms with Crippen molar-refractivity contribution in [3.63, 3.8) is 0 Å². The van der Waals surface area contributed by atoms with Gasteiger partial charge in [0.1, 0.15) is 5.82 Å². The number of hydrogen-bond donors (Lipinski definition) is 1. The van der Waals surface area contributed by atoms with Crippen LogP contribution in [0.4, 0.5) is 0 Å². The number of imidazole rings is 1. The number of carbonyl (C=O) groups is 1. The van der Waals surface area contributed by atoms with Gasteiger partial charge in [-0.1, -0.05) is 24.3 Å². The number of pyridine rings is 1. The predicted octanol–water partition coefficient (Wildman–Crippen LogP) is 5.52. The number of para-hydroxylation sites is 2. The van der Waals surface area contributed by atoms with Crippen LogP contribution in [0.3, 0.4) is 0 Å². The molecule has 4 aromatic rings. The van der Waals surface area contributed by atoms with Crippen LogP contribution in [-0.4, -0.2) is 34.2 Å². The van der Waals surface area contributed by atoms with Gasteiger partial charge in [-0.05, 0) is 68.1 Å². The number of unbranched alkanes of at least 4 members (excludes halogenated alkanes) is 1. The lowest BCUT2D eigenvalue weighted by Crippen LogP contribution is -2.28. The Morgan fingerprint density at radius 1 is 1.14 bits per heavy atom. The zero-order valence-corrected chi connectivity index (χ0v) is 20.8. The van der Waals surface area contributed by atoms with Crippen LogP contribution in [0.25, 0.3) is 11.0 Å². The molecule has 0 bridgehead atoms. The fourth-order valence-corrected chi connectivity index (χ4v) is 4.18. The van der Waals surface area contributed by atoms with E-state index in [4.69, 9.17) is 14.5 Å². The van der Waals surface area contributed by atoms with Gasteiger partial charge in [-0.3, -0.25) is 9.78 Å². The van der Waals surface area contributed by atoms with Crippen molar-refractivity contribution in [2.75, 3.05) is 13.7 Å². The van der Waals surface area contributed by atoms with Gasteiger partial charge in [0.25, 0.3) is 5.91 Å². The number of allylic oxidation sites excluding steroid dienone is 1. The summed E-state index contributed by atoms with van der Waals surface area (Å²) in [5.74, 6) is 2.13. The first-order valence-corrected chi connectivity index (χ1v) is 12.2. The van der Waals surface area contributed by atoms with Gasteiger partial charge < -0.3 is 19.4 Å². The number of nitrogens with one attached hydrogen (secondary N) is 1. The average molecular weight is 485 g/mol. The third-order valence-electron chi connectivity index (χ3n) is 5.98. The second-order valence-corrected chi connectivity index (χ2v) is 8.58. The molecule has 0 saturated heterocycles. The van der Waals surface area contributed by atoms with Crippen LogP contribution in [0.2, 0.25) is 0 Å². The molecule has 1 amide bonds. The van der Waals surface area contributed by atoms with Crippen LogP contribution in [0, 0.1) is 0 Å². The van der Waals surface area contributed by atoms with E-state index in [1.807, 2.05) is 49.4 Å². The Morgan fingerprint density at radius 3 is 2.78 bits per heavy atom. The first kappa shape index (κ1) is 25.0. The molecule has 2 heterocycles. The summed E-state index contributed by atoms with van der Waals surface area (Å²) in [6.07, 6.45) is 7.63. The van der Waals surface area contributed by atoms with Crippen LogP contribution >= 0.6 is 0 Å². The fourth-order valence-electron chi connectivity index (χ4n) is 4.18. The van der Waals surface area contributed by atoms with E-state index >= 15 is 0 Å². The molecule has 0 aliphatic rings. The van der Waals surface area contributed by atoms with Crippen molar-refractivity contribution in [1.82, 2.24) is 19.9 Å². The molecule has 0 aliphatic carbocycles. The summed E-state index contributed by atoms with van der Waals surface area (Å²) in [7, 11) is 1.65. The van der Waals surface area contributed by atoms with Crippen LogP contribution in [0.15, 0.2) is 79.6 Å². The summed E-state index contributed by atoms with van der Waals surface area (Å²) < 4.78 is 13.7. The van der Waals surface area contributed by atoms with E-state index in [-0.39, 0.29) is 11.9 Å². The van der Waals surface area contributed by atoms with Crippen LogP contribution < -0.4 is 14.8 Å². The minimum atomic E-state index is -0.264. The Labute approximate surface area is 211 Å². The molecule has 36 heavy (non-hydrogen) atoms. The van der Waals surface area contributed by atoms with E-state index in [1.54, 1.807) is 31.6 Å². The maximum absolute atomic E-state index is 12.7. The number of aryl methyl sites for hydroxylation is 1. The quantitative estimate of drug-likeness (QED) is 0.212. The lowest BCUT2D eigenvalue weighted by atomic mass is 10.1. The van der Waals surface area contributed by atoms with Crippen molar-refractivity contribution in [3.8, 4) is 11.5 Å². The fraction of sp³-hybridized carbons (Fsp3) is 0.276. The molecule has 0 saturated carbocycles. The molecule has 2 aromatic carbocycles. The molecule has 7 heteroatoms. The Hall–Kier alpha value is -4.13. The smallest absolute Gasteiger partial charge is 0.253 e. The molecule has 2 aromatic heterocycles. The van der Waals surface area contributed by atoms with Gasteiger partial charge in [0.05, 0.1) is 36.4 Å². The molecule has 0 aliphatic heterocycles. The zero-order chi connectivity index (χ0) is 25.3. The molecule has 7 nitrogen and oxygen atoms in total. The maximum Gasteiger partial charge on any atom is 0.253 e. The number of carbonyl (C=O) groups excluding carboxylic acids is 1. The maximum atomic E-state index is 12.7. The first-order chi connectivity index (χ1) is 17.6. The van der Waals surface area contributed by atoms with Gasteiger partial charge in [-0.15, -0.1) is 6.58 Å². The number of fused-ring (bicyclic) bond motifs is 1. The molecule has 1 N–H and O–H groups in total. The first-order valence-electron chi connectivity index (χ1n) is 12.2. The van der Waals surface area contributed by atoms with Gasteiger partial charge in [0, 0.05) is 18.9 Å². The van der Waals surface area contributed by atoms with Crippen molar-refractivity contribution >= 4 is 16.9 Å². The summed E-state index contributed by atoms with van der Waals surface area (Å²) in [5.41, 5.74) is 3.63. The monoisotopic (exact) mass is 484 g/mol. The van der Waals surface area contributed by atoms with Crippen LogP contribution in [0.5, 0.6) is 11.5 Å². The van der Waals surface area contributed by atoms with Crippen molar-refractivity contribution in [1.29, 1.82) is 0 Å². The molecule has 1 unspecified atom stereocenters. The lowest BCUT2D eigenvalue weighted by molar-refractivity contribution is 0.0937.